The Morgan fingerprint density at radius 1 is 0.804 bits per heavy atom. The Kier molecular flexibility index (Phi) is 19.5. The number of carbonyl (C=O) groups excluding carboxylic acids is 7. The van der Waals surface area contributed by atoms with Crippen molar-refractivity contribution in [3.05, 3.63) is 0 Å². The van der Waals surface area contributed by atoms with Gasteiger partial charge >= 0.3 is 11.9 Å². The van der Waals surface area contributed by atoms with Crippen LogP contribution in [-0.2, 0) is 52.6 Å². The second-order valence-electron chi connectivity index (χ2n) is 13.4. The Labute approximate surface area is 320 Å². The summed E-state index contributed by atoms with van der Waals surface area (Å²) in [5, 5.41) is 55.9. The first-order chi connectivity index (χ1) is 25.9. The van der Waals surface area contributed by atoms with Gasteiger partial charge in [0.15, 0.2) is 6.29 Å². The molecule has 0 aromatic heterocycles. The Morgan fingerprint density at radius 3 is 1.80 bits per heavy atom. The van der Waals surface area contributed by atoms with Crippen molar-refractivity contribution in [3.63, 3.8) is 0 Å². The molecule has 24 nitrogen and oxygen atoms in total. The Bertz CT molecular complexity index is 1470. The van der Waals surface area contributed by atoms with E-state index in [1.54, 1.807) is 0 Å². The van der Waals surface area contributed by atoms with E-state index in [-0.39, 0.29) is 30.6 Å². The number of amides is 6. The van der Waals surface area contributed by atoms with Crippen LogP contribution in [0.5, 0.6) is 0 Å². The highest BCUT2D eigenvalue weighted by atomic mass is 16.6. The van der Waals surface area contributed by atoms with E-state index in [0.29, 0.717) is 0 Å². The van der Waals surface area contributed by atoms with Gasteiger partial charge in [0.2, 0.25) is 23.6 Å². The van der Waals surface area contributed by atoms with Gasteiger partial charge in [-0.2, -0.15) is 0 Å². The SMILES string of the molecule is CC(=O)N[C@@H]1[C@@H](O[C@H](C)C(=O)N[C@@H](C)C(=O)N(C(=O)[C@@H](C)NC(=O)[C@@H](N)CC[C@H](C(=O)CC[C@H](N)C(=O)O)[C@H](N)C(N)=O)[C@H](C)C(=O)O)[C@H](O)[C@@H](CO)O[C@@H]1O. The van der Waals surface area contributed by atoms with E-state index in [2.05, 4.69) is 16.0 Å². The average molecular weight is 807 g/mol. The fourth-order valence-corrected chi connectivity index (χ4v) is 5.56. The molecule has 1 rings (SSSR count). The van der Waals surface area contributed by atoms with Crippen molar-refractivity contribution >= 4 is 53.2 Å². The van der Waals surface area contributed by atoms with Crippen molar-refractivity contribution in [2.24, 2.45) is 28.9 Å². The first-order valence-electron chi connectivity index (χ1n) is 17.4. The fraction of sp³-hybridized carbons (Fsp3) is 0.719. The number of primary amides is 1. The molecule has 1 saturated heterocycles. The number of carbonyl (C=O) groups is 9. The van der Waals surface area contributed by atoms with Gasteiger partial charge in [0.1, 0.15) is 60.4 Å². The smallest absolute Gasteiger partial charge is 0.326 e. The van der Waals surface area contributed by atoms with Crippen LogP contribution in [0.2, 0.25) is 0 Å². The summed E-state index contributed by atoms with van der Waals surface area (Å²) in [6.07, 6.45) is -9.06. The molecule has 0 aromatic carbocycles. The molecule has 16 N–H and O–H groups in total. The maximum atomic E-state index is 13.5. The number of carboxylic acids is 2. The molecule has 56 heavy (non-hydrogen) atoms. The Balaban J connectivity index is 3.07. The molecule has 0 unspecified atom stereocenters. The molecule has 318 valence electrons. The van der Waals surface area contributed by atoms with E-state index >= 15 is 0 Å². The van der Waals surface area contributed by atoms with E-state index in [9.17, 15) is 63.6 Å². The molecule has 13 atom stereocenters. The molecule has 1 aliphatic heterocycles. The number of ether oxygens (including phenoxy) is 2. The summed E-state index contributed by atoms with van der Waals surface area (Å²) < 4.78 is 10.7. The van der Waals surface area contributed by atoms with Crippen molar-refractivity contribution in [1.29, 1.82) is 0 Å². The van der Waals surface area contributed by atoms with Crippen molar-refractivity contribution in [2.45, 2.75) is 133 Å². The molecule has 0 radical (unpaired) electrons. The minimum absolute atomic E-state index is 0.272. The van der Waals surface area contributed by atoms with Gasteiger partial charge in [-0.25, -0.2) is 4.79 Å². The van der Waals surface area contributed by atoms with Crippen LogP contribution in [0.15, 0.2) is 0 Å². The monoisotopic (exact) mass is 806 g/mol. The summed E-state index contributed by atoms with van der Waals surface area (Å²) in [5.74, 6) is -11.2. The second-order valence-corrected chi connectivity index (χ2v) is 13.4. The van der Waals surface area contributed by atoms with Gasteiger partial charge in [-0.3, -0.25) is 43.3 Å². The maximum Gasteiger partial charge on any atom is 0.326 e. The highest BCUT2D eigenvalue weighted by Crippen LogP contribution is 2.24. The predicted molar refractivity (Wildman–Crippen MR) is 188 cm³/mol. The van der Waals surface area contributed by atoms with E-state index in [1.807, 2.05) is 0 Å². The number of nitrogens with one attached hydrogen (secondary N) is 3. The molecule has 0 aromatic rings. The molecule has 0 saturated carbocycles. The number of nitrogens with two attached hydrogens (primary N) is 4. The fourth-order valence-electron chi connectivity index (χ4n) is 5.56. The lowest BCUT2D eigenvalue weighted by Gasteiger charge is -2.43. The van der Waals surface area contributed by atoms with Crippen LogP contribution in [0.3, 0.4) is 0 Å². The maximum absolute atomic E-state index is 13.5. The third-order valence-electron chi connectivity index (χ3n) is 8.97. The zero-order valence-corrected chi connectivity index (χ0v) is 31.5. The second kappa shape index (κ2) is 22.2. The average Bonchev–Trinajstić information content (AvgIpc) is 3.12. The number of nitrogens with zero attached hydrogens (tertiary/aromatic N) is 1. The number of ketones is 1. The first-order valence-corrected chi connectivity index (χ1v) is 17.4. The van der Waals surface area contributed by atoms with E-state index in [0.717, 1.165) is 27.7 Å². The lowest BCUT2D eigenvalue weighted by atomic mass is 9.86. The third-order valence-corrected chi connectivity index (χ3v) is 8.97. The van der Waals surface area contributed by atoms with Gasteiger partial charge in [-0.1, -0.05) is 0 Å². The zero-order chi connectivity index (χ0) is 43.4. The quantitative estimate of drug-likeness (QED) is 0.0484. The molecule has 0 aliphatic carbocycles. The molecule has 0 spiro atoms. The number of carboxylic acid groups (broad SMARTS) is 2. The van der Waals surface area contributed by atoms with Gasteiger partial charge in [0.25, 0.3) is 11.8 Å². The Morgan fingerprint density at radius 2 is 1.34 bits per heavy atom. The number of hydrogen-bond acceptors (Lipinski definition) is 17. The number of rotatable bonds is 22. The number of aliphatic hydroxyl groups is 3. The molecular weight excluding hydrogens is 752 g/mol. The Hall–Kier alpha value is -4.69. The molecule has 1 fully saturated rings. The highest BCUT2D eigenvalue weighted by molar-refractivity contribution is 6.05. The predicted octanol–water partition coefficient (Wildman–Crippen LogP) is -6.53. The summed E-state index contributed by atoms with van der Waals surface area (Å²) in [7, 11) is 0. The molecule has 0 bridgehead atoms. The standard InChI is InChI=1S/C32H54N8O16/c1-11(37-26(46)14(4)55-24-22(39-15(5)42)32(54)56-20(10-41)23(24)44)28(48)40(13(3)30(50)51)29(49)12(2)38-27(47)17(33)7-6-16(21(35)25(36)45)19(43)9-8-18(34)31(52)53/h11-14,16-18,20-24,32,41,44,54H,6-10,33-35H2,1-5H3,(H2,36,45)(H,37,46)(H,38,47)(H,39,42)(H,50,51)(H,52,53)/t11-,12+,13+,14+,16+,17-,18-,20+,21-,22+,23+,24+,32-/m0/s1. The summed E-state index contributed by atoms with van der Waals surface area (Å²) >= 11 is 0. The summed E-state index contributed by atoms with van der Waals surface area (Å²) in [4.78, 5) is 113. The zero-order valence-electron chi connectivity index (χ0n) is 31.5. The number of aliphatic carboxylic acids is 2. The number of hydrogen-bond donors (Lipinski definition) is 12. The van der Waals surface area contributed by atoms with Crippen LogP contribution in [0.1, 0.15) is 60.3 Å². The third kappa shape index (κ3) is 13.8. The van der Waals surface area contributed by atoms with Crippen LogP contribution < -0.4 is 38.9 Å². The van der Waals surface area contributed by atoms with E-state index in [1.165, 1.54) is 6.92 Å². The summed E-state index contributed by atoms with van der Waals surface area (Å²) in [5.41, 5.74) is 22.4. The van der Waals surface area contributed by atoms with Gasteiger partial charge < -0.3 is 73.9 Å². The van der Waals surface area contributed by atoms with Gasteiger partial charge in [0.05, 0.1) is 18.7 Å². The van der Waals surface area contributed by atoms with Crippen LogP contribution in [0.4, 0.5) is 0 Å². The van der Waals surface area contributed by atoms with Crippen LogP contribution in [0, 0.1) is 5.92 Å². The summed E-state index contributed by atoms with van der Waals surface area (Å²) in [6, 6.07) is -10.8. The van der Waals surface area contributed by atoms with Crippen molar-refractivity contribution in [1.82, 2.24) is 20.9 Å². The minimum atomic E-state index is -1.83. The topological polar surface area (TPSA) is 417 Å². The number of imide groups is 1. The molecule has 1 aliphatic rings. The minimum Gasteiger partial charge on any atom is -0.480 e. The first kappa shape index (κ1) is 49.3. The van der Waals surface area contributed by atoms with Crippen molar-refractivity contribution in [2.75, 3.05) is 6.61 Å². The molecule has 6 amide bonds. The van der Waals surface area contributed by atoms with Gasteiger partial charge in [0, 0.05) is 19.3 Å². The van der Waals surface area contributed by atoms with E-state index < -0.39 is 139 Å². The van der Waals surface area contributed by atoms with E-state index in [4.69, 9.17) is 37.5 Å². The largest absolute Gasteiger partial charge is 0.480 e. The summed E-state index contributed by atoms with van der Waals surface area (Å²) in [6.45, 7) is 4.71. The normalized spacial score (nSPS) is 23.7. The van der Waals surface area contributed by atoms with Crippen molar-refractivity contribution < 1.29 is 78.2 Å². The number of aliphatic hydroxyl groups excluding tert-OH is 3. The lowest BCUT2D eigenvalue weighted by molar-refractivity contribution is -0.266. The van der Waals surface area contributed by atoms with Crippen LogP contribution in [-0.4, -0.2) is 163 Å². The van der Waals surface area contributed by atoms with Gasteiger partial charge in [-0.05, 0) is 47.0 Å². The number of Topliss-reactive ketones (excluding diaryl/α,β-unsaturated/α-hetero) is 1. The molecule has 24 heteroatoms. The van der Waals surface area contributed by atoms with Crippen molar-refractivity contribution in [3.8, 4) is 0 Å². The molecule has 1 heterocycles. The molecular formula is C32H54N8O16. The van der Waals surface area contributed by atoms with Crippen LogP contribution in [0.25, 0.3) is 0 Å². The van der Waals surface area contributed by atoms with Gasteiger partial charge in [-0.15, -0.1) is 0 Å². The lowest BCUT2D eigenvalue weighted by Crippen LogP contribution is -2.65. The highest BCUT2D eigenvalue weighted by Gasteiger charge is 2.47. The van der Waals surface area contributed by atoms with Crippen LogP contribution >= 0.6 is 0 Å².